The monoisotopic (exact) mass is 542 g/mol. The third-order valence-corrected chi connectivity index (χ3v) is 5.15. The molecule has 1 fully saturated rings. The van der Waals surface area contributed by atoms with E-state index in [2.05, 4.69) is 25.7 Å². The van der Waals surface area contributed by atoms with Crippen LogP contribution in [-0.2, 0) is 21.4 Å². The summed E-state index contributed by atoms with van der Waals surface area (Å²) in [7, 11) is 1.40. The van der Waals surface area contributed by atoms with E-state index in [-0.39, 0.29) is 40.5 Å². The van der Waals surface area contributed by atoms with Crippen molar-refractivity contribution in [3.05, 3.63) is 54.5 Å². The fourth-order valence-corrected chi connectivity index (χ4v) is 3.22. The highest BCUT2D eigenvalue weighted by Gasteiger charge is 2.30. The van der Waals surface area contributed by atoms with Crippen LogP contribution in [0.1, 0.15) is 44.7 Å². The number of methoxy groups -OCH3 is 1. The number of anilines is 3. The Labute approximate surface area is 232 Å². The lowest BCUT2D eigenvalue weighted by Crippen LogP contribution is -2.15. The quantitative estimate of drug-likeness (QED) is 0.218. The molecule has 1 amide bonds. The topological polar surface area (TPSA) is 186 Å². The normalized spacial score (nSPS) is 15.2. The minimum Gasteiger partial charge on any atom is -0.494 e. The number of para-hydroxylation sites is 1. The predicted octanol–water partition coefficient (Wildman–Crippen LogP) is 3.28. The Morgan fingerprint density at radius 2 is 1.90 bits per heavy atom. The Bertz CT molecular complexity index is 1600. The molecule has 4 N–H and O–H groups in total. The molecule has 4 rings (SSSR count). The SMILES string of the molecule is O=C(O)/C=C/C(=O)O.[2H]C([2H])([2H])CC(=O)c1cnc(NC(=O)C2CC2)cc1Nc1cccc(-c2ncn(C([2H])([2H])[2H])n2)c1OC. The highest BCUT2D eigenvalue weighted by atomic mass is 16.5. The molecule has 0 radical (unpaired) electrons. The summed E-state index contributed by atoms with van der Waals surface area (Å²) in [5.41, 5.74) is 0.950. The number of aryl methyl sites for hydroxylation is 1. The van der Waals surface area contributed by atoms with E-state index in [0.29, 0.717) is 23.4 Å². The molecule has 0 aliphatic heterocycles. The fraction of sp³-hybridized carbons (Fsp3) is 0.269. The number of carboxylic acid groups (broad SMARTS) is 2. The van der Waals surface area contributed by atoms with Crippen LogP contribution >= 0.6 is 0 Å². The number of Topliss-reactive ketones (excluding diaryl/α,β-unsaturated/α-hetero) is 1. The number of nitrogens with one attached hydrogen (secondary N) is 2. The van der Waals surface area contributed by atoms with Gasteiger partial charge >= 0.3 is 11.9 Å². The van der Waals surface area contributed by atoms with Gasteiger partial charge in [-0.3, -0.25) is 14.3 Å². The van der Waals surface area contributed by atoms with Gasteiger partial charge in [0.15, 0.2) is 17.4 Å². The zero-order valence-electron chi connectivity index (χ0n) is 26.5. The fourth-order valence-electron chi connectivity index (χ4n) is 3.22. The van der Waals surface area contributed by atoms with E-state index in [1.807, 2.05) is 0 Å². The van der Waals surface area contributed by atoms with Crippen LogP contribution in [0.3, 0.4) is 0 Å². The maximum absolute atomic E-state index is 12.8. The Morgan fingerprint density at radius 3 is 2.49 bits per heavy atom. The number of carbonyl (C=O) groups is 4. The summed E-state index contributed by atoms with van der Waals surface area (Å²) in [6, 6.07) is 6.37. The first-order valence-electron chi connectivity index (χ1n) is 14.3. The van der Waals surface area contributed by atoms with Crippen molar-refractivity contribution in [2.24, 2.45) is 12.9 Å². The van der Waals surface area contributed by atoms with Crippen molar-refractivity contribution in [2.75, 3.05) is 17.7 Å². The largest absolute Gasteiger partial charge is 0.494 e. The van der Waals surface area contributed by atoms with Crippen LogP contribution in [0.25, 0.3) is 11.4 Å². The standard InChI is InChI=1S/C22H24N6O3.C4H4O4/c1-4-18(29)15-11-23-19(26-22(30)13-8-9-13)10-17(15)25-16-7-5-6-14(20(16)31-3)21-24-12-28(2)27-21;5-3(6)1-2-4(7)8/h5-7,10-13H,4,8-9H2,1-3H3,(H2,23,25,26,30);1-2H,(H,5,6)(H,7,8)/b;2-1+/i1D3,2D3;. The Balaban J connectivity index is 0.000000610. The molecular weight excluding hydrogens is 508 g/mol. The highest BCUT2D eigenvalue weighted by molar-refractivity contribution is 6.03. The molecule has 0 bridgehead atoms. The molecule has 2 aromatic heterocycles. The zero-order chi connectivity index (χ0) is 33.5. The van der Waals surface area contributed by atoms with Gasteiger partial charge in [-0.25, -0.2) is 19.6 Å². The van der Waals surface area contributed by atoms with Gasteiger partial charge in [0, 0.05) is 52.0 Å². The third kappa shape index (κ3) is 7.95. The van der Waals surface area contributed by atoms with E-state index >= 15 is 0 Å². The molecule has 1 saturated carbocycles. The first-order chi connectivity index (χ1) is 21.0. The second-order valence-electron chi connectivity index (χ2n) is 8.01. The van der Waals surface area contributed by atoms with Gasteiger partial charge in [-0.15, -0.1) is 0 Å². The number of hydrogen-bond acceptors (Lipinski definition) is 9. The van der Waals surface area contributed by atoms with E-state index in [1.54, 1.807) is 18.2 Å². The van der Waals surface area contributed by atoms with Crippen LogP contribution in [0.5, 0.6) is 5.75 Å². The van der Waals surface area contributed by atoms with Crippen molar-refractivity contribution < 1.29 is 42.4 Å². The van der Waals surface area contributed by atoms with E-state index in [1.165, 1.54) is 19.4 Å². The van der Waals surface area contributed by atoms with E-state index < -0.39 is 38.0 Å². The average Bonchev–Trinajstić information content (AvgIpc) is 3.66. The van der Waals surface area contributed by atoms with Crippen molar-refractivity contribution in [3.63, 3.8) is 0 Å². The number of ketones is 1. The number of ether oxygens (including phenoxy) is 1. The van der Waals surface area contributed by atoms with Crippen LogP contribution in [0.4, 0.5) is 17.2 Å². The van der Waals surface area contributed by atoms with Gasteiger partial charge in [-0.1, -0.05) is 12.9 Å². The highest BCUT2D eigenvalue weighted by Crippen LogP contribution is 2.37. The lowest BCUT2D eigenvalue weighted by Gasteiger charge is -2.16. The first-order valence-corrected chi connectivity index (χ1v) is 11.3. The molecule has 204 valence electrons. The molecular formula is C26H28N6O7. The van der Waals surface area contributed by atoms with Gasteiger partial charge in [0.25, 0.3) is 0 Å². The van der Waals surface area contributed by atoms with Gasteiger partial charge in [-0.2, -0.15) is 5.10 Å². The number of nitrogens with zero attached hydrogens (tertiary/aromatic N) is 4. The number of aliphatic carboxylic acids is 2. The summed E-state index contributed by atoms with van der Waals surface area (Å²) in [5, 5.41) is 25.4. The van der Waals surface area contributed by atoms with Crippen LogP contribution in [-0.4, -0.2) is 60.7 Å². The van der Waals surface area contributed by atoms with Gasteiger partial charge in [0.1, 0.15) is 12.1 Å². The Hall–Kier alpha value is -5.07. The minimum atomic E-state index is -2.51. The number of carbonyl (C=O) groups excluding carboxylic acids is 2. The number of pyridine rings is 1. The Kier molecular flexibility index (Phi) is 6.95. The third-order valence-electron chi connectivity index (χ3n) is 5.15. The van der Waals surface area contributed by atoms with Crippen LogP contribution < -0.4 is 15.4 Å². The summed E-state index contributed by atoms with van der Waals surface area (Å²) in [4.78, 5) is 52.4. The maximum Gasteiger partial charge on any atom is 0.328 e. The van der Waals surface area contributed by atoms with Gasteiger partial charge in [0.05, 0.1) is 29.6 Å². The second-order valence-corrected chi connectivity index (χ2v) is 8.01. The van der Waals surface area contributed by atoms with Crippen molar-refractivity contribution in [1.82, 2.24) is 19.7 Å². The van der Waals surface area contributed by atoms with Crippen LogP contribution in [0.15, 0.2) is 48.9 Å². The van der Waals surface area contributed by atoms with Crippen molar-refractivity contribution in [1.29, 1.82) is 0 Å². The molecule has 13 heteroatoms. The number of rotatable bonds is 10. The van der Waals surface area contributed by atoms with Crippen LogP contribution in [0.2, 0.25) is 0 Å². The molecule has 1 aromatic carbocycles. The molecule has 1 aliphatic rings. The smallest absolute Gasteiger partial charge is 0.328 e. The maximum atomic E-state index is 12.8. The number of aromatic nitrogens is 4. The molecule has 39 heavy (non-hydrogen) atoms. The lowest BCUT2D eigenvalue weighted by atomic mass is 10.1. The summed E-state index contributed by atoms with van der Waals surface area (Å²) in [6.45, 7) is -5.00. The van der Waals surface area contributed by atoms with E-state index in [0.717, 1.165) is 23.9 Å². The Morgan fingerprint density at radius 1 is 1.15 bits per heavy atom. The zero-order valence-corrected chi connectivity index (χ0v) is 20.5. The summed E-state index contributed by atoms with van der Waals surface area (Å²) in [6.07, 6.45) is 4.30. The van der Waals surface area contributed by atoms with Crippen molar-refractivity contribution >= 4 is 40.8 Å². The van der Waals surface area contributed by atoms with E-state index in [9.17, 15) is 19.2 Å². The molecule has 3 aromatic rings. The number of benzene rings is 1. The first kappa shape index (κ1) is 20.9. The van der Waals surface area contributed by atoms with Gasteiger partial charge in [-0.05, 0) is 25.0 Å². The molecule has 0 spiro atoms. The molecule has 1 aliphatic carbocycles. The molecule has 13 nitrogen and oxygen atoms in total. The number of carboxylic acids is 2. The second kappa shape index (κ2) is 12.9. The van der Waals surface area contributed by atoms with Crippen LogP contribution in [0, 0.1) is 5.92 Å². The van der Waals surface area contributed by atoms with Gasteiger partial charge in [0.2, 0.25) is 5.91 Å². The van der Waals surface area contributed by atoms with E-state index in [4.69, 9.17) is 23.2 Å². The summed E-state index contributed by atoms with van der Waals surface area (Å²) in [5.74, 6) is -2.89. The number of amides is 1. The molecule has 2 heterocycles. The minimum absolute atomic E-state index is 0.0119. The van der Waals surface area contributed by atoms with Crippen molar-refractivity contribution in [2.45, 2.75) is 26.1 Å². The average molecular weight is 543 g/mol. The summed E-state index contributed by atoms with van der Waals surface area (Å²) >= 11 is 0. The number of hydrogen-bond donors (Lipinski definition) is 4. The van der Waals surface area contributed by atoms with Gasteiger partial charge < -0.3 is 25.6 Å². The molecule has 0 unspecified atom stereocenters. The van der Waals surface area contributed by atoms with Crippen molar-refractivity contribution in [3.8, 4) is 17.1 Å². The molecule has 0 saturated heterocycles. The predicted molar refractivity (Wildman–Crippen MR) is 141 cm³/mol. The lowest BCUT2D eigenvalue weighted by molar-refractivity contribution is -0.134. The summed E-state index contributed by atoms with van der Waals surface area (Å²) < 4.78 is 51.2. The molecule has 0 atom stereocenters.